The van der Waals surface area contributed by atoms with Gasteiger partial charge in [-0.25, -0.2) is 4.98 Å². The molecule has 1 fully saturated rings. The molecule has 27 heavy (non-hydrogen) atoms. The first-order valence-electron chi connectivity index (χ1n) is 9.04. The van der Waals surface area contributed by atoms with Gasteiger partial charge < -0.3 is 15.4 Å². The van der Waals surface area contributed by atoms with Gasteiger partial charge in [-0.2, -0.15) is 0 Å². The van der Waals surface area contributed by atoms with E-state index in [2.05, 4.69) is 47.7 Å². The molecule has 148 valence electrons. The minimum atomic E-state index is -0.105. The maximum atomic E-state index is 12.6. The number of piperidine rings is 1. The maximum absolute atomic E-state index is 12.6. The predicted octanol–water partition coefficient (Wildman–Crippen LogP) is 3.59. The summed E-state index contributed by atoms with van der Waals surface area (Å²) in [6.07, 6.45) is 2.01. The van der Waals surface area contributed by atoms with Crippen LogP contribution in [0.1, 0.15) is 34.5 Å². The van der Waals surface area contributed by atoms with Gasteiger partial charge in [0, 0.05) is 30.0 Å². The van der Waals surface area contributed by atoms with Gasteiger partial charge in [0.1, 0.15) is 10.7 Å². The molecule has 1 aromatic heterocycles. The molecule has 2 heterocycles. The van der Waals surface area contributed by atoms with Crippen molar-refractivity contribution in [2.24, 2.45) is 5.41 Å². The second-order valence-electron chi connectivity index (χ2n) is 7.22. The van der Waals surface area contributed by atoms with Gasteiger partial charge in [0.25, 0.3) is 5.91 Å². The van der Waals surface area contributed by atoms with Gasteiger partial charge in [-0.05, 0) is 45.3 Å². The number of amides is 1. The second-order valence-corrected chi connectivity index (χ2v) is 8.08. The number of aromatic nitrogens is 1. The third-order valence-corrected chi connectivity index (χ3v) is 5.96. The largest absolute Gasteiger partial charge is 0.384 e. The molecule has 1 aliphatic rings. The number of carbonyl (C=O) groups excluding carboxylic acids is 1. The van der Waals surface area contributed by atoms with Gasteiger partial charge in [0.05, 0.1) is 6.61 Å². The number of rotatable bonds is 6. The van der Waals surface area contributed by atoms with Crippen LogP contribution in [0.25, 0.3) is 10.6 Å². The monoisotopic (exact) mass is 409 g/mol. The summed E-state index contributed by atoms with van der Waals surface area (Å²) in [7, 11) is 1.72. The Balaban J connectivity index is 0.00000261. The summed E-state index contributed by atoms with van der Waals surface area (Å²) >= 11 is 1.52. The van der Waals surface area contributed by atoms with E-state index in [1.54, 1.807) is 7.11 Å². The first kappa shape index (κ1) is 21.8. The summed E-state index contributed by atoms with van der Waals surface area (Å²) in [5, 5.41) is 9.18. The minimum absolute atomic E-state index is 0. The Labute approximate surface area is 171 Å². The molecule has 0 bridgehead atoms. The first-order chi connectivity index (χ1) is 12.5. The molecule has 0 aliphatic carbocycles. The zero-order valence-corrected chi connectivity index (χ0v) is 17.8. The fourth-order valence-electron chi connectivity index (χ4n) is 3.55. The van der Waals surface area contributed by atoms with Crippen molar-refractivity contribution in [3.8, 4) is 10.6 Å². The highest BCUT2D eigenvalue weighted by atomic mass is 35.5. The third-order valence-electron chi connectivity index (χ3n) is 5.09. The Morgan fingerprint density at radius 2 is 2.07 bits per heavy atom. The number of hydrogen-bond acceptors (Lipinski definition) is 5. The van der Waals surface area contributed by atoms with E-state index >= 15 is 0 Å². The molecule has 1 aromatic carbocycles. The van der Waals surface area contributed by atoms with Crippen LogP contribution in [-0.2, 0) is 4.74 Å². The van der Waals surface area contributed by atoms with Crippen molar-refractivity contribution in [1.29, 1.82) is 0 Å². The molecule has 3 rings (SSSR count). The van der Waals surface area contributed by atoms with E-state index in [-0.39, 0.29) is 23.7 Å². The minimum Gasteiger partial charge on any atom is -0.384 e. The number of thiazole rings is 1. The molecule has 2 aromatic rings. The topological polar surface area (TPSA) is 63.2 Å². The number of nitrogens with zero attached hydrogens (tertiary/aromatic N) is 1. The van der Waals surface area contributed by atoms with Crippen LogP contribution in [0.15, 0.2) is 23.6 Å². The number of halogens is 1. The van der Waals surface area contributed by atoms with Crippen LogP contribution in [0.3, 0.4) is 0 Å². The average Bonchev–Trinajstić information content (AvgIpc) is 3.11. The Bertz CT molecular complexity index is 767. The van der Waals surface area contributed by atoms with Crippen molar-refractivity contribution in [2.45, 2.75) is 26.7 Å². The van der Waals surface area contributed by atoms with E-state index in [1.807, 2.05) is 5.38 Å². The van der Waals surface area contributed by atoms with Crippen molar-refractivity contribution < 1.29 is 9.53 Å². The van der Waals surface area contributed by atoms with Crippen LogP contribution in [0.2, 0.25) is 0 Å². The fraction of sp³-hybridized carbons (Fsp3) is 0.500. The number of aryl methyl sites for hydroxylation is 2. The first-order valence-corrected chi connectivity index (χ1v) is 9.92. The molecule has 0 unspecified atom stereocenters. The molecular weight excluding hydrogens is 382 g/mol. The van der Waals surface area contributed by atoms with Crippen molar-refractivity contribution in [3.05, 3.63) is 40.4 Å². The zero-order valence-electron chi connectivity index (χ0n) is 16.1. The highest BCUT2D eigenvalue weighted by Gasteiger charge is 2.32. The molecular formula is C20H28ClN3O2S. The number of methoxy groups -OCH3 is 1. The predicted molar refractivity (Wildman–Crippen MR) is 113 cm³/mol. The molecule has 0 spiro atoms. The molecule has 5 nitrogen and oxygen atoms in total. The van der Waals surface area contributed by atoms with E-state index < -0.39 is 0 Å². The molecule has 0 saturated carbocycles. The van der Waals surface area contributed by atoms with Gasteiger partial charge >= 0.3 is 0 Å². The Kier molecular flexibility index (Phi) is 7.79. The molecule has 0 radical (unpaired) electrons. The SMILES string of the molecule is COCC1(CNC(=O)c2csc(-c3ccc(C)cc3C)n2)CCNCC1.Cl. The van der Waals surface area contributed by atoms with Crippen LogP contribution in [0.4, 0.5) is 0 Å². The summed E-state index contributed by atoms with van der Waals surface area (Å²) in [6.45, 7) is 7.38. The van der Waals surface area contributed by atoms with Gasteiger partial charge in [0.2, 0.25) is 0 Å². The van der Waals surface area contributed by atoms with Crippen LogP contribution >= 0.6 is 23.7 Å². The summed E-state index contributed by atoms with van der Waals surface area (Å²) in [4.78, 5) is 17.2. The lowest BCUT2D eigenvalue weighted by Gasteiger charge is -2.37. The molecule has 0 atom stereocenters. The average molecular weight is 410 g/mol. The number of hydrogen-bond donors (Lipinski definition) is 2. The van der Waals surface area contributed by atoms with Gasteiger partial charge in [-0.1, -0.05) is 23.8 Å². The van der Waals surface area contributed by atoms with Gasteiger partial charge in [0.15, 0.2) is 0 Å². The number of ether oxygens (including phenoxy) is 1. The summed E-state index contributed by atoms with van der Waals surface area (Å²) in [5.41, 5.74) is 4.01. The summed E-state index contributed by atoms with van der Waals surface area (Å²) in [6, 6.07) is 6.30. The standard InChI is InChI=1S/C20H27N3O2S.ClH/c1-14-4-5-16(15(2)10-14)19-23-17(11-26-19)18(24)22-12-20(13-25-3)6-8-21-9-7-20;/h4-5,10-11,21H,6-9,12-13H2,1-3H3,(H,22,24);1H. The van der Waals surface area contributed by atoms with E-state index in [4.69, 9.17) is 4.74 Å². The maximum Gasteiger partial charge on any atom is 0.270 e. The smallest absolute Gasteiger partial charge is 0.270 e. The number of carbonyl (C=O) groups is 1. The summed E-state index contributed by atoms with van der Waals surface area (Å²) in [5.74, 6) is -0.105. The highest BCUT2D eigenvalue weighted by molar-refractivity contribution is 7.13. The lowest BCUT2D eigenvalue weighted by atomic mass is 9.79. The van der Waals surface area contributed by atoms with E-state index in [9.17, 15) is 4.79 Å². The molecule has 1 aliphatic heterocycles. The Hall–Kier alpha value is -1.47. The van der Waals surface area contributed by atoms with Crippen molar-refractivity contribution in [2.75, 3.05) is 33.4 Å². The lowest BCUT2D eigenvalue weighted by molar-refractivity contribution is 0.0511. The van der Waals surface area contributed by atoms with E-state index in [0.717, 1.165) is 36.5 Å². The number of nitrogens with one attached hydrogen (secondary N) is 2. The molecule has 1 amide bonds. The summed E-state index contributed by atoms with van der Waals surface area (Å²) < 4.78 is 5.41. The lowest BCUT2D eigenvalue weighted by Crippen LogP contribution is -2.47. The third kappa shape index (κ3) is 5.29. The fourth-order valence-corrected chi connectivity index (χ4v) is 4.44. The van der Waals surface area contributed by atoms with Crippen molar-refractivity contribution in [3.63, 3.8) is 0 Å². The van der Waals surface area contributed by atoms with E-state index in [1.165, 1.54) is 22.5 Å². The number of benzene rings is 1. The molecule has 2 N–H and O–H groups in total. The van der Waals surface area contributed by atoms with Crippen LogP contribution < -0.4 is 10.6 Å². The Morgan fingerprint density at radius 3 is 2.74 bits per heavy atom. The molecule has 7 heteroatoms. The van der Waals surface area contributed by atoms with Crippen LogP contribution in [-0.4, -0.2) is 44.2 Å². The molecule has 1 saturated heterocycles. The van der Waals surface area contributed by atoms with Crippen LogP contribution in [0.5, 0.6) is 0 Å². The normalized spacial score (nSPS) is 15.8. The van der Waals surface area contributed by atoms with Crippen LogP contribution in [0, 0.1) is 19.3 Å². The van der Waals surface area contributed by atoms with E-state index in [0.29, 0.717) is 18.8 Å². The second kappa shape index (κ2) is 9.64. The van der Waals surface area contributed by atoms with Gasteiger partial charge in [-0.15, -0.1) is 23.7 Å². The van der Waals surface area contributed by atoms with Crippen molar-refractivity contribution >= 4 is 29.7 Å². The van der Waals surface area contributed by atoms with Gasteiger partial charge in [-0.3, -0.25) is 4.79 Å². The highest BCUT2D eigenvalue weighted by Crippen LogP contribution is 2.29. The van der Waals surface area contributed by atoms with Crippen molar-refractivity contribution in [1.82, 2.24) is 15.6 Å². The quantitative estimate of drug-likeness (QED) is 0.765. The Morgan fingerprint density at radius 1 is 1.33 bits per heavy atom. The zero-order chi connectivity index (χ0) is 18.6.